The monoisotopic (exact) mass is 357 g/mol. The highest BCUT2D eigenvalue weighted by atomic mass is 79.9. The average Bonchev–Trinajstić information content (AvgIpc) is 2.42. The summed E-state index contributed by atoms with van der Waals surface area (Å²) < 4.78 is 6.49. The molecule has 6 heteroatoms. The van der Waals surface area contributed by atoms with Crippen LogP contribution < -0.4 is 4.74 Å². The molecule has 5 nitrogen and oxygen atoms in total. The number of ether oxygens (including phenoxy) is 1. The number of benzene rings is 1. The van der Waals surface area contributed by atoms with E-state index in [-0.39, 0.29) is 17.5 Å². The van der Waals surface area contributed by atoms with Crippen LogP contribution in [0.15, 0.2) is 16.6 Å². The lowest BCUT2D eigenvalue weighted by Crippen LogP contribution is -2.24. The van der Waals surface area contributed by atoms with E-state index in [0.29, 0.717) is 16.0 Å². The van der Waals surface area contributed by atoms with Gasteiger partial charge in [0.25, 0.3) is 0 Å². The van der Waals surface area contributed by atoms with Gasteiger partial charge in [0.1, 0.15) is 0 Å². The Morgan fingerprint density at radius 2 is 2.00 bits per heavy atom. The summed E-state index contributed by atoms with van der Waals surface area (Å²) in [6.45, 7) is 3.79. The number of nitro benzene ring substituents is 1. The maximum atomic E-state index is 11.3. The predicted octanol–water partition coefficient (Wildman–Crippen LogP) is 4.37. The first-order chi connectivity index (χ1) is 9.88. The van der Waals surface area contributed by atoms with Gasteiger partial charge in [0.15, 0.2) is 0 Å². The van der Waals surface area contributed by atoms with E-state index in [1.54, 1.807) is 13.0 Å². The van der Waals surface area contributed by atoms with Crippen molar-refractivity contribution in [2.45, 2.75) is 51.7 Å². The van der Waals surface area contributed by atoms with Gasteiger partial charge in [-0.1, -0.05) is 22.9 Å². The molecule has 116 valence electrons. The van der Waals surface area contributed by atoms with Gasteiger partial charge in [0, 0.05) is 16.1 Å². The van der Waals surface area contributed by atoms with Crippen molar-refractivity contribution in [1.29, 1.82) is 0 Å². The zero-order valence-electron chi connectivity index (χ0n) is 12.2. The largest absolute Gasteiger partial charge is 0.483 e. The third kappa shape index (κ3) is 3.95. The zero-order chi connectivity index (χ0) is 15.6. The van der Waals surface area contributed by atoms with Gasteiger partial charge in [0.2, 0.25) is 5.75 Å². The van der Waals surface area contributed by atoms with E-state index >= 15 is 0 Å². The second-order valence-electron chi connectivity index (χ2n) is 5.78. The van der Waals surface area contributed by atoms with Crippen LogP contribution in [0.1, 0.15) is 51.2 Å². The van der Waals surface area contributed by atoms with E-state index in [9.17, 15) is 15.2 Å². The minimum Gasteiger partial charge on any atom is -0.483 e. The topological polar surface area (TPSA) is 72.6 Å². The number of halogens is 1. The van der Waals surface area contributed by atoms with E-state index in [1.165, 1.54) is 6.07 Å². The molecule has 1 atom stereocenters. The number of hydrogen-bond acceptors (Lipinski definition) is 4. The molecule has 0 aromatic heterocycles. The highest BCUT2D eigenvalue weighted by Crippen LogP contribution is 2.40. The Balaban J connectivity index is 2.33. The van der Waals surface area contributed by atoms with Gasteiger partial charge >= 0.3 is 5.69 Å². The maximum Gasteiger partial charge on any atom is 0.312 e. The Morgan fingerprint density at radius 1 is 1.38 bits per heavy atom. The summed E-state index contributed by atoms with van der Waals surface area (Å²) in [7, 11) is 0. The number of nitro groups is 1. The van der Waals surface area contributed by atoms with Gasteiger partial charge < -0.3 is 9.84 Å². The Kier molecular flexibility index (Phi) is 5.22. The van der Waals surface area contributed by atoms with Crippen LogP contribution in [-0.2, 0) is 0 Å². The van der Waals surface area contributed by atoms with Gasteiger partial charge in [-0.2, -0.15) is 0 Å². The van der Waals surface area contributed by atoms with Crippen molar-refractivity contribution in [3.63, 3.8) is 0 Å². The molecule has 1 aromatic carbocycles. The number of aliphatic hydroxyl groups excluding tert-OH is 1. The van der Waals surface area contributed by atoms with E-state index < -0.39 is 11.0 Å². The fourth-order valence-electron chi connectivity index (χ4n) is 2.69. The first-order valence-electron chi connectivity index (χ1n) is 7.21. The van der Waals surface area contributed by atoms with Gasteiger partial charge in [-0.05, 0) is 44.6 Å². The second kappa shape index (κ2) is 6.75. The molecule has 1 unspecified atom stereocenters. The molecule has 1 aliphatic carbocycles. The van der Waals surface area contributed by atoms with E-state index in [1.807, 2.05) is 0 Å². The highest BCUT2D eigenvalue weighted by molar-refractivity contribution is 9.10. The number of hydrogen-bond donors (Lipinski definition) is 1. The summed E-state index contributed by atoms with van der Waals surface area (Å²) in [6.07, 6.45) is 3.09. The Labute approximate surface area is 132 Å². The first kappa shape index (κ1) is 16.2. The molecule has 2 rings (SSSR count). The SMILES string of the molecule is CC1CCC(Oc2c(C(C)O)cc(Br)cc2[N+](=O)[O-])CC1. The van der Waals surface area contributed by atoms with E-state index in [4.69, 9.17) is 4.74 Å². The molecule has 0 spiro atoms. The summed E-state index contributed by atoms with van der Waals surface area (Å²) >= 11 is 3.25. The highest BCUT2D eigenvalue weighted by Gasteiger charge is 2.27. The van der Waals surface area contributed by atoms with Crippen molar-refractivity contribution in [2.24, 2.45) is 5.92 Å². The van der Waals surface area contributed by atoms with Gasteiger partial charge in [0.05, 0.1) is 17.1 Å². The molecular formula is C15H20BrNO4. The lowest BCUT2D eigenvalue weighted by molar-refractivity contribution is -0.386. The van der Waals surface area contributed by atoms with Gasteiger partial charge in [-0.25, -0.2) is 0 Å². The molecular weight excluding hydrogens is 338 g/mol. The molecule has 1 saturated carbocycles. The Morgan fingerprint density at radius 3 is 2.52 bits per heavy atom. The molecule has 0 radical (unpaired) electrons. The quantitative estimate of drug-likeness (QED) is 0.641. The number of nitrogens with zero attached hydrogens (tertiary/aromatic N) is 1. The van der Waals surface area contributed by atoms with Crippen LogP contribution in [0, 0.1) is 16.0 Å². The Hall–Kier alpha value is -1.14. The fraction of sp³-hybridized carbons (Fsp3) is 0.600. The minimum absolute atomic E-state index is 0.0152. The minimum atomic E-state index is -0.821. The van der Waals surface area contributed by atoms with Crippen LogP contribution in [0.2, 0.25) is 0 Å². The summed E-state index contributed by atoms with van der Waals surface area (Å²) in [4.78, 5) is 10.8. The maximum absolute atomic E-state index is 11.3. The van der Waals surface area contributed by atoms with Crippen LogP contribution in [-0.4, -0.2) is 16.1 Å². The lowest BCUT2D eigenvalue weighted by atomic mass is 9.89. The van der Waals surface area contributed by atoms with Crippen molar-refractivity contribution in [2.75, 3.05) is 0 Å². The standard InChI is InChI=1S/C15H20BrNO4/c1-9-3-5-12(6-4-9)21-15-13(10(2)18)7-11(16)8-14(15)17(19)20/h7-10,12,18H,3-6H2,1-2H3. The third-order valence-corrected chi connectivity index (χ3v) is 4.41. The predicted molar refractivity (Wildman–Crippen MR) is 83.5 cm³/mol. The number of rotatable bonds is 4. The molecule has 0 heterocycles. The van der Waals surface area contributed by atoms with E-state index in [0.717, 1.165) is 25.7 Å². The van der Waals surface area contributed by atoms with Crippen molar-refractivity contribution < 1.29 is 14.8 Å². The third-order valence-electron chi connectivity index (χ3n) is 3.96. The normalized spacial score (nSPS) is 23.6. The van der Waals surface area contributed by atoms with Gasteiger partial charge in [-0.3, -0.25) is 10.1 Å². The number of aliphatic hydroxyl groups is 1. The summed E-state index contributed by atoms with van der Waals surface area (Å²) in [5, 5.41) is 21.1. The van der Waals surface area contributed by atoms with Crippen molar-refractivity contribution >= 4 is 21.6 Å². The molecule has 0 amide bonds. The molecule has 1 aromatic rings. The van der Waals surface area contributed by atoms with Gasteiger partial charge in [-0.15, -0.1) is 0 Å². The second-order valence-corrected chi connectivity index (χ2v) is 6.69. The zero-order valence-corrected chi connectivity index (χ0v) is 13.8. The van der Waals surface area contributed by atoms with Crippen molar-refractivity contribution in [1.82, 2.24) is 0 Å². The molecule has 0 bridgehead atoms. The Bertz CT molecular complexity index is 525. The van der Waals surface area contributed by atoms with Crippen LogP contribution in [0.25, 0.3) is 0 Å². The molecule has 1 N–H and O–H groups in total. The molecule has 0 saturated heterocycles. The van der Waals surface area contributed by atoms with Crippen molar-refractivity contribution in [3.05, 3.63) is 32.3 Å². The van der Waals surface area contributed by atoms with Crippen LogP contribution in [0.3, 0.4) is 0 Å². The molecule has 0 aliphatic heterocycles. The van der Waals surface area contributed by atoms with Crippen LogP contribution >= 0.6 is 15.9 Å². The van der Waals surface area contributed by atoms with Crippen molar-refractivity contribution in [3.8, 4) is 5.75 Å². The first-order valence-corrected chi connectivity index (χ1v) is 8.00. The molecule has 21 heavy (non-hydrogen) atoms. The fourth-order valence-corrected chi connectivity index (χ4v) is 3.15. The molecule has 1 fully saturated rings. The smallest absolute Gasteiger partial charge is 0.312 e. The lowest BCUT2D eigenvalue weighted by Gasteiger charge is -2.27. The van der Waals surface area contributed by atoms with Crippen LogP contribution in [0.5, 0.6) is 5.75 Å². The summed E-state index contributed by atoms with van der Waals surface area (Å²) in [5.41, 5.74) is 0.355. The summed E-state index contributed by atoms with van der Waals surface area (Å²) in [6, 6.07) is 3.10. The van der Waals surface area contributed by atoms with Crippen LogP contribution in [0.4, 0.5) is 5.69 Å². The average molecular weight is 358 g/mol. The van der Waals surface area contributed by atoms with E-state index in [2.05, 4.69) is 22.9 Å². The molecule has 1 aliphatic rings. The summed E-state index contributed by atoms with van der Waals surface area (Å²) in [5.74, 6) is 0.888.